The number of nitrogens with one attached hydrogen (secondary N) is 1. The second kappa shape index (κ2) is 8.02. The minimum atomic E-state index is -0.623. The summed E-state index contributed by atoms with van der Waals surface area (Å²) in [6.07, 6.45) is 0.933. The van der Waals surface area contributed by atoms with Crippen LogP contribution in [0.5, 0.6) is 0 Å². The van der Waals surface area contributed by atoms with E-state index in [-0.39, 0.29) is 6.03 Å². The molecule has 1 atom stereocenters. The summed E-state index contributed by atoms with van der Waals surface area (Å²) in [6, 6.07) is 3.48. The van der Waals surface area contributed by atoms with Crippen molar-refractivity contribution in [1.29, 1.82) is 0 Å². The van der Waals surface area contributed by atoms with Gasteiger partial charge in [0.15, 0.2) is 0 Å². The van der Waals surface area contributed by atoms with E-state index < -0.39 is 6.10 Å². The molecule has 21 heavy (non-hydrogen) atoms. The van der Waals surface area contributed by atoms with Crippen molar-refractivity contribution in [2.45, 2.75) is 6.10 Å². The van der Waals surface area contributed by atoms with E-state index in [1.54, 1.807) is 30.4 Å². The molecule has 2 heterocycles. The van der Waals surface area contributed by atoms with Crippen LogP contribution in [0.25, 0.3) is 0 Å². The molecule has 1 aliphatic heterocycles. The molecule has 0 spiro atoms. The second-order valence-electron chi connectivity index (χ2n) is 5.04. The highest BCUT2D eigenvalue weighted by Crippen LogP contribution is 2.15. The van der Waals surface area contributed by atoms with Crippen LogP contribution in [0, 0.1) is 0 Å². The van der Waals surface area contributed by atoms with Crippen LogP contribution < -0.4 is 5.32 Å². The first-order chi connectivity index (χ1) is 10.2. The lowest BCUT2D eigenvalue weighted by atomic mass is 10.2. The summed E-state index contributed by atoms with van der Waals surface area (Å²) >= 11 is 0. The summed E-state index contributed by atoms with van der Waals surface area (Å²) in [4.78, 5) is 15.8. The molecule has 0 unspecified atom stereocenters. The van der Waals surface area contributed by atoms with Gasteiger partial charge in [-0.3, -0.25) is 4.90 Å². The van der Waals surface area contributed by atoms with Gasteiger partial charge in [0.2, 0.25) is 0 Å². The van der Waals surface area contributed by atoms with Gasteiger partial charge < -0.3 is 24.5 Å². The average Bonchev–Trinajstić information content (AvgIpc) is 3.02. The van der Waals surface area contributed by atoms with Crippen molar-refractivity contribution >= 4 is 6.03 Å². The Bertz CT molecular complexity index is 416. The van der Waals surface area contributed by atoms with E-state index in [0.717, 1.165) is 13.1 Å². The third kappa shape index (κ3) is 4.73. The molecule has 1 saturated heterocycles. The number of hydrogen-bond acceptors (Lipinski definition) is 5. The maximum Gasteiger partial charge on any atom is 0.317 e. The van der Waals surface area contributed by atoms with Crippen molar-refractivity contribution in [2.24, 2.45) is 0 Å². The first-order valence-electron chi connectivity index (χ1n) is 7.16. The van der Waals surface area contributed by atoms with Crippen molar-refractivity contribution in [1.82, 2.24) is 15.1 Å². The molecule has 2 N–H and O–H groups in total. The summed E-state index contributed by atoms with van der Waals surface area (Å²) in [6.45, 7) is 4.36. The number of carbonyl (C=O) groups is 1. The molecule has 0 aromatic carbocycles. The molecule has 0 saturated carbocycles. The molecule has 2 amide bonds. The van der Waals surface area contributed by atoms with Gasteiger partial charge in [-0.15, -0.1) is 0 Å². The summed E-state index contributed by atoms with van der Waals surface area (Å²) in [5.74, 6) is 0.578. The monoisotopic (exact) mass is 297 g/mol. The fourth-order valence-electron chi connectivity index (χ4n) is 2.32. The maximum atomic E-state index is 11.9. The van der Waals surface area contributed by atoms with Gasteiger partial charge in [-0.1, -0.05) is 0 Å². The third-order valence-corrected chi connectivity index (χ3v) is 3.54. The minimum Gasteiger partial charge on any atom is -0.467 e. The Hall–Kier alpha value is -1.57. The van der Waals surface area contributed by atoms with Gasteiger partial charge in [0.05, 0.1) is 12.9 Å². The average molecular weight is 297 g/mol. The standard InChI is InChI=1S/C14H23N3O4/c1-20-10-4-15-14(19)17-7-5-16(6-8-17)11-12(18)13-3-2-9-21-13/h2-3,9,12,18H,4-8,10-11H2,1H3,(H,15,19)/t12-/m0/s1. The predicted molar refractivity (Wildman–Crippen MR) is 77.0 cm³/mol. The number of urea groups is 1. The molecule has 0 aliphatic carbocycles. The van der Waals surface area contributed by atoms with Crippen molar-refractivity contribution in [3.63, 3.8) is 0 Å². The van der Waals surface area contributed by atoms with Crippen LogP contribution in [-0.2, 0) is 4.74 Å². The molecule has 1 aromatic rings. The molecule has 0 radical (unpaired) electrons. The van der Waals surface area contributed by atoms with Crippen molar-refractivity contribution in [3.05, 3.63) is 24.2 Å². The smallest absolute Gasteiger partial charge is 0.317 e. The number of hydrogen-bond donors (Lipinski definition) is 2. The lowest BCUT2D eigenvalue weighted by Crippen LogP contribution is -2.52. The molecular weight excluding hydrogens is 274 g/mol. The van der Waals surface area contributed by atoms with Crippen LogP contribution in [0.2, 0.25) is 0 Å². The number of carbonyl (C=O) groups excluding carboxylic acids is 1. The fourth-order valence-corrected chi connectivity index (χ4v) is 2.32. The molecule has 7 nitrogen and oxygen atoms in total. The lowest BCUT2D eigenvalue weighted by Gasteiger charge is -2.35. The Morgan fingerprint density at radius 2 is 2.24 bits per heavy atom. The van der Waals surface area contributed by atoms with E-state index in [9.17, 15) is 9.90 Å². The van der Waals surface area contributed by atoms with Crippen LogP contribution in [0.3, 0.4) is 0 Å². The molecule has 1 aliphatic rings. The number of amides is 2. The second-order valence-corrected chi connectivity index (χ2v) is 5.04. The normalized spacial score (nSPS) is 17.7. The molecule has 0 bridgehead atoms. The van der Waals surface area contributed by atoms with Crippen LogP contribution in [0.1, 0.15) is 11.9 Å². The van der Waals surface area contributed by atoms with E-state index in [4.69, 9.17) is 9.15 Å². The van der Waals surface area contributed by atoms with Crippen LogP contribution in [0.15, 0.2) is 22.8 Å². The minimum absolute atomic E-state index is 0.0571. The number of nitrogens with zero attached hydrogens (tertiary/aromatic N) is 2. The summed E-state index contributed by atoms with van der Waals surface area (Å²) < 4.78 is 10.1. The van der Waals surface area contributed by atoms with Crippen molar-refractivity contribution in [2.75, 3.05) is 53.0 Å². The van der Waals surface area contributed by atoms with Crippen molar-refractivity contribution < 1.29 is 19.1 Å². The van der Waals surface area contributed by atoms with E-state index >= 15 is 0 Å². The van der Waals surface area contributed by atoms with Gasteiger partial charge in [-0.25, -0.2) is 4.79 Å². The fraction of sp³-hybridized carbons (Fsp3) is 0.643. The van der Waals surface area contributed by atoms with Gasteiger partial charge in [0, 0.05) is 46.4 Å². The number of ether oxygens (including phenoxy) is 1. The van der Waals surface area contributed by atoms with E-state index in [0.29, 0.717) is 38.5 Å². The summed E-state index contributed by atoms with van der Waals surface area (Å²) in [5, 5.41) is 12.8. The molecular formula is C14H23N3O4. The Balaban J connectivity index is 1.69. The zero-order valence-electron chi connectivity index (χ0n) is 12.3. The zero-order valence-corrected chi connectivity index (χ0v) is 12.3. The lowest BCUT2D eigenvalue weighted by molar-refractivity contribution is 0.0689. The molecule has 1 fully saturated rings. The zero-order chi connectivity index (χ0) is 15.1. The molecule has 1 aromatic heterocycles. The van der Waals surface area contributed by atoms with Gasteiger partial charge >= 0.3 is 6.03 Å². The first kappa shape index (κ1) is 15.8. The largest absolute Gasteiger partial charge is 0.467 e. The number of aliphatic hydroxyl groups is 1. The number of aliphatic hydroxyl groups excluding tert-OH is 1. The number of rotatable bonds is 6. The van der Waals surface area contributed by atoms with Crippen molar-refractivity contribution in [3.8, 4) is 0 Å². The van der Waals surface area contributed by atoms with Gasteiger partial charge in [0.25, 0.3) is 0 Å². The van der Waals surface area contributed by atoms with E-state index in [1.165, 1.54) is 0 Å². The Labute approximate surface area is 124 Å². The summed E-state index contributed by atoms with van der Waals surface area (Å²) in [5.41, 5.74) is 0. The van der Waals surface area contributed by atoms with Crippen LogP contribution >= 0.6 is 0 Å². The summed E-state index contributed by atoms with van der Waals surface area (Å²) in [7, 11) is 1.61. The van der Waals surface area contributed by atoms with Gasteiger partial charge in [-0.05, 0) is 12.1 Å². The molecule has 118 valence electrons. The van der Waals surface area contributed by atoms with Crippen LogP contribution in [0.4, 0.5) is 4.79 Å². The number of piperazine rings is 1. The molecule has 2 rings (SSSR count). The Kier molecular flexibility index (Phi) is 6.04. The number of β-amino-alcohol motifs (C(OH)–C–C–N with tert-alkyl or cyclic N) is 1. The Morgan fingerprint density at radius 3 is 2.86 bits per heavy atom. The SMILES string of the molecule is COCCNC(=O)N1CCN(C[C@H](O)c2ccco2)CC1. The Morgan fingerprint density at radius 1 is 1.48 bits per heavy atom. The highest BCUT2D eigenvalue weighted by Gasteiger charge is 2.23. The maximum absolute atomic E-state index is 11.9. The van der Waals surface area contributed by atoms with E-state index in [1.807, 2.05) is 0 Å². The highest BCUT2D eigenvalue weighted by molar-refractivity contribution is 5.74. The quantitative estimate of drug-likeness (QED) is 0.738. The number of furan rings is 1. The van der Waals surface area contributed by atoms with E-state index in [2.05, 4.69) is 10.2 Å². The number of methoxy groups -OCH3 is 1. The first-order valence-corrected chi connectivity index (χ1v) is 7.16. The molecule has 7 heteroatoms. The van der Waals surface area contributed by atoms with Crippen LogP contribution in [-0.4, -0.2) is 73.9 Å². The predicted octanol–water partition coefficient (Wildman–Crippen LogP) is 0.287. The van der Waals surface area contributed by atoms with Gasteiger partial charge in [0.1, 0.15) is 11.9 Å². The third-order valence-electron chi connectivity index (χ3n) is 3.54. The van der Waals surface area contributed by atoms with Gasteiger partial charge in [-0.2, -0.15) is 0 Å². The topological polar surface area (TPSA) is 78.2 Å². The highest BCUT2D eigenvalue weighted by atomic mass is 16.5.